The molecule has 7 heteroatoms. The van der Waals surface area contributed by atoms with Crippen molar-refractivity contribution < 1.29 is 17.9 Å². The molecule has 0 amide bonds. The maximum Gasteiger partial charge on any atom is 0.411 e. The zero-order valence-corrected chi connectivity index (χ0v) is 10.0. The highest BCUT2D eigenvalue weighted by Crippen LogP contribution is 2.16. The minimum Gasteiger partial charge on any atom is -0.370 e. The van der Waals surface area contributed by atoms with Gasteiger partial charge in [-0.3, -0.25) is 4.99 Å². The second kappa shape index (κ2) is 5.57. The average Bonchev–Trinajstić information content (AvgIpc) is 2.18. The molecule has 0 saturated carbocycles. The minimum atomic E-state index is -4.26. The summed E-state index contributed by atoms with van der Waals surface area (Å²) in [5.74, 6) is 0.625. The van der Waals surface area contributed by atoms with E-state index in [-0.39, 0.29) is 12.0 Å². The lowest BCUT2D eigenvalue weighted by Crippen LogP contribution is -2.48. The first-order valence-corrected chi connectivity index (χ1v) is 5.45. The lowest BCUT2D eigenvalue weighted by molar-refractivity contribution is -0.173. The second-order valence-corrected chi connectivity index (χ2v) is 4.78. The maximum absolute atomic E-state index is 11.7. The van der Waals surface area contributed by atoms with E-state index in [1.165, 1.54) is 0 Å². The lowest BCUT2D eigenvalue weighted by Gasteiger charge is -2.29. The van der Waals surface area contributed by atoms with Crippen LogP contribution in [0.3, 0.4) is 0 Å². The molecule has 0 aromatic heterocycles. The number of nitrogens with one attached hydrogen (secondary N) is 2. The molecule has 0 unspecified atom stereocenters. The van der Waals surface area contributed by atoms with Crippen LogP contribution in [0.15, 0.2) is 4.99 Å². The predicted octanol–water partition coefficient (Wildman–Crippen LogP) is 1.14. The summed E-state index contributed by atoms with van der Waals surface area (Å²) in [4.78, 5) is 4.25. The van der Waals surface area contributed by atoms with Crippen molar-refractivity contribution in [3.63, 3.8) is 0 Å². The topological polar surface area (TPSA) is 45.7 Å². The van der Waals surface area contributed by atoms with E-state index in [2.05, 4.69) is 34.2 Å². The van der Waals surface area contributed by atoms with Crippen molar-refractivity contribution in [3.05, 3.63) is 0 Å². The Morgan fingerprint density at radius 3 is 2.71 bits per heavy atom. The van der Waals surface area contributed by atoms with Gasteiger partial charge in [-0.15, -0.1) is 0 Å². The van der Waals surface area contributed by atoms with Gasteiger partial charge in [-0.1, -0.05) is 13.8 Å². The molecule has 2 N–H and O–H groups in total. The van der Waals surface area contributed by atoms with Gasteiger partial charge in [0, 0.05) is 25.0 Å². The molecule has 100 valence electrons. The minimum absolute atomic E-state index is 0.00357. The van der Waals surface area contributed by atoms with Crippen LogP contribution in [-0.2, 0) is 4.74 Å². The Labute approximate surface area is 98.6 Å². The molecule has 17 heavy (non-hydrogen) atoms. The van der Waals surface area contributed by atoms with Gasteiger partial charge >= 0.3 is 6.18 Å². The maximum atomic E-state index is 11.7. The normalized spacial score (nSPS) is 19.5. The molecule has 0 radical (unpaired) electrons. The molecular weight excluding hydrogens is 235 g/mol. The number of rotatable bonds is 4. The standard InChI is InChI=1S/C10H18F3N3O/c1-9(2)5-15-8(16-6-9)14-3-4-17-7-10(11,12)13/h3-7H2,1-2H3,(H2,14,15,16). The van der Waals surface area contributed by atoms with E-state index in [0.717, 1.165) is 6.54 Å². The van der Waals surface area contributed by atoms with Crippen LogP contribution < -0.4 is 10.6 Å². The van der Waals surface area contributed by atoms with Crippen LogP contribution in [0.4, 0.5) is 13.2 Å². The number of hydrogen-bond acceptors (Lipinski definition) is 4. The van der Waals surface area contributed by atoms with Crippen molar-refractivity contribution in [2.24, 2.45) is 10.4 Å². The number of guanidine groups is 1. The predicted molar refractivity (Wildman–Crippen MR) is 59.0 cm³/mol. The molecule has 0 aromatic rings. The molecule has 1 aliphatic rings. The molecule has 0 aliphatic carbocycles. The first kappa shape index (κ1) is 14.1. The lowest BCUT2D eigenvalue weighted by atomic mass is 9.93. The Balaban J connectivity index is 2.10. The summed E-state index contributed by atoms with van der Waals surface area (Å²) >= 11 is 0. The van der Waals surface area contributed by atoms with Gasteiger partial charge < -0.3 is 15.4 Å². The third-order valence-electron chi connectivity index (χ3n) is 2.20. The van der Waals surface area contributed by atoms with Gasteiger partial charge in [0.15, 0.2) is 5.96 Å². The third kappa shape index (κ3) is 6.35. The summed E-state index contributed by atoms with van der Waals surface area (Å²) in [6.07, 6.45) is -4.26. The van der Waals surface area contributed by atoms with Crippen LogP contribution in [0, 0.1) is 5.41 Å². The van der Waals surface area contributed by atoms with Crippen LogP contribution in [0.1, 0.15) is 13.8 Å². The SMILES string of the molecule is CC1(C)CN=C(NCCOCC(F)(F)F)NC1. The van der Waals surface area contributed by atoms with Crippen molar-refractivity contribution in [3.8, 4) is 0 Å². The van der Waals surface area contributed by atoms with Gasteiger partial charge in [-0.25, -0.2) is 0 Å². The summed E-state index contributed by atoms with van der Waals surface area (Å²) in [6, 6.07) is 0. The first-order valence-electron chi connectivity index (χ1n) is 5.45. The molecule has 1 rings (SSSR count). The fraction of sp³-hybridized carbons (Fsp3) is 0.900. The Morgan fingerprint density at radius 1 is 1.47 bits per heavy atom. The van der Waals surface area contributed by atoms with E-state index in [0.29, 0.717) is 19.0 Å². The van der Waals surface area contributed by atoms with E-state index < -0.39 is 12.8 Å². The summed E-state index contributed by atoms with van der Waals surface area (Å²) in [6.45, 7) is 4.78. The summed E-state index contributed by atoms with van der Waals surface area (Å²) in [7, 11) is 0. The molecule has 0 atom stereocenters. The van der Waals surface area contributed by atoms with Crippen molar-refractivity contribution in [1.29, 1.82) is 0 Å². The number of halogens is 3. The number of ether oxygens (including phenoxy) is 1. The van der Waals surface area contributed by atoms with Crippen molar-refractivity contribution in [2.75, 3.05) is 32.8 Å². The molecule has 4 nitrogen and oxygen atoms in total. The van der Waals surface area contributed by atoms with Gasteiger partial charge in [-0.05, 0) is 0 Å². The Bertz CT molecular complexity index is 276. The van der Waals surface area contributed by atoms with E-state index in [1.807, 2.05) is 0 Å². The molecule has 0 bridgehead atoms. The molecule has 1 aliphatic heterocycles. The number of alkyl halides is 3. The van der Waals surface area contributed by atoms with Gasteiger partial charge in [0.25, 0.3) is 0 Å². The summed E-state index contributed by atoms with van der Waals surface area (Å²) in [5, 5.41) is 5.97. The molecule has 1 heterocycles. The molecule has 0 aromatic carbocycles. The highest BCUT2D eigenvalue weighted by Gasteiger charge is 2.27. The highest BCUT2D eigenvalue weighted by molar-refractivity contribution is 5.80. The Hall–Kier alpha value is -0.980. The fourth-order valence-corrected chi connectivity index (χ4v) is 1.28. The van der Waals surface area contributed by atoms with Crippen molar-refractivity contribution in [2.45, 2.75) is 20.0 Å². The third-order valence-corrected chi connectivity index (χ3v) is 2.20. The largest absolute Gasteiger partial charge is 0.411 e. The molecule has 0 fully saturated rings. The van der Waals surface area contributed by atoms with Crippen LogP contribution in [0.2, 0.25) is 0 Å². The quantitative estimate of drug-likeness (QED) is 0.739. The van der Waals surface area contributed by atoms with Gasteiger partial charge in [0.2, 0.25) is 0 Å². The Kier molecular flexibility index (Phi) is 4.62. The zero-order valence-electron chi connectivity index (χ0n) is 10.0. The van der Waals surface area contributed by atoms with Crippen LogP contribution in [0.5, 0.6) is 0 Å². The van der Waals surface area contributed by atoms with E-state index in [1.54, 1.807) is 0 Å². The van der Waals surface area contributed by atoms with Crippen LogP contribution in [0.25, 0.3) is 0 Å². The number of aliphatic imine (C=N–C) groups is 1. The van der Waals surface area contributed by atoms with Crippen LogP contribution in [-0.4, -0.2) is 45.0 Å². The van der Waals surface area contributed by atoms with Crippen molar-refractivity contribution in [1.82, 2.24) is 10.6 Å². The number of hydrogen-bond donors (Lipinski definition) is 2. The van der Waals surface area contributed by atoms with Crippen LogP contribution >= 0.6 is 0 Å². The summed E-state index contributed by atoms with van der Waals surface area (Å²) < 4.78 is 39.7. The van der Waals surface area contributed by atoms with Gasteiger partial charge in [0.1, 0.15) is 6.61 Å². The van der Waals surface area contributed by atoms with E-state index in [4.69, 9.17) is 0 Å². The molecule has 0 saturated heterocycles. The molecular formula is C10H18F3N3O. The average molecular weight is 253 g/mol. The molecule has 0 spiro atoms. The first-order chi connectivity index (χ1) is 7.79. The smallest absolute Gasteiger partial charge is 0.370 e. The summed E-state index contributed by atoms with van der Waals surface area (Å²) in [5.41, 5.74) is 0.123. The van der Waals surface area contributed by atoms with Gasteiger partial charge in [0.05, 0.1) is 6.61 Å². The second-order valence-electron chi connectivity index (χ2n) is 4.78. The number of nitrogens with zero attached hydrogens (tertiary/aromatic N) is 1. The van der Waals surface area contributed by atoms with Crippen molar-refractivity contribution >= 4 is 5.96 Å². The Morgan fingerprint density at radius 2 is 2.18 bits per heavy atom. The highest BCUT2D eigenvalue weighted by atomic mass is 19.4. The zero-order chi connectivity index (χ0) is 12.9. The van der Waals surface area contributed by atoms with Gasteiger partial charge in [-0.2, -0.15) is 13.2 Å². The fourth-order valence-electron chi connectivity index (χ4n) is 1.28. The van der Waals surface area contributed by atoms with E-state index in [9.17, 15) is 13.2 Å². The monoisotopic (exact) mass is 253 g/mol. The van der Waals surface area contributed by atoms with E-state index >= 15 is 0 Å².